The van der Waals surface area contributed by atoms with Crippen molar-refractivity contribution in [3.63, 3.8) is 0 Å². The van der Waals surface area contributed by atoms with Gasteiger partial charge in [0.2, 0.25) is 0 Å². The highest BCUT2D eigenvalue weighted by Gasteiger charge is 2.43. The highest BCUT2D eigenvalue weighted by atomic mass is 32.1. The third kappa shape index (κ3) is 14.8. The monoisotopic (exact) mass is 1350 g/mol. The second-order valence-electron chi connectivity index (χ2n) is 26.3. The molecule has 30 heteroatoms. The van der Waals surface area contributed by atoms with Crippen molar-refractivity contribution < 1.29 is 39.5 Å². The summed E-state index contributed by atoms with van der Waals surface area (Å²) in [5.41, 5.74) is 3.68. The van der Waals surface area contributed by atoms with Crippen molar-refractivity contribution in [2.45, 2.75) is 96.0 Å². The van der Waals surface area contributed by atoms with Gasteiger partial charge in [-0.05, 0) is 113 Å². The molecule has 9 aromatic heterocycles. The van der Waals surface area contributed by atoms with Gasteiger partial charge in [-0.3, -0.25) is 28.7 Å². The number of hydrogen-bond donors (Lipinski definition) is 0. The largest absolute Gasteiger partial charge is 0.393 e. The van der Waals surface area contributed by atoms with E-state index in [1.54, 1.807) is 18.2 Å². The number of aryl methyl sites for hydroxylation is 3. The van der Waals surface area contributed by atoms with Crippen LogP contribution in [0.15, 0.2) is 74.4 Å². The van der Waals surface area contributed by atoms with E-state index < -0.39 is 37.8 Å². The number of thiophene rings is 3. The molecule has 9 atom stereocenters. The van der Waals surface area contributed by atoms with Crippen molar-refractivity contribution in [1.29, 1.82) is 0 Å². The number of rotatable bonds is 12. The summed E-state index contributed by atoms with van der Waals surface area (Å²) in [7, 11) is 5.80. The van der Waals surface area contributed by atoms with E-state index in [-0.39, 0.29) is 14.6 Å². The molecule has 1 unspecified atom stereocenters. The Hall–Kier alpha value is -6.60. The average Bonchev–Trinajstić information content (AvgIpc) is 1.65. The smallest absolute Gasteiger partial charge is 0.355 e. The van der Waals surface area contributed by atoms with Gasteiger partial charge in [0.05, 0.1) is 54.0 Å². The maximum absolute atomic E-state index is 12.8. The minimum atomic E-state index is -4.22. The third-order valence-corrected chi connectivity index (χ3v) is 23.0. The molecule has 6 fully saturated rings. The van der Waals surface area contributed by atoms with Gasteiger partial charge in [0, 0.05) is 148 Å². The lowest BCUT2D eigenvalue weighted by Gasteiger charge is -2.37. The molecule has 18 nitrogen and oxygen atoms in total. The summed E-state index contributed by atoms with van der Waals surface area (Å²) >= 11 is 3.34. The molecule has 0 N–H and O–H groups in total. The van der Waals surface area contributed by atoms with Gasteiger partial charge in [-0.2, -0.15) is 54.8 Å². The van der Waals surface area contributed by atoms with Crippen LogP contribution in [0, 0.1) is 35.5 Å². The van der Waals surface area contributed by atoms with Gasteiger partial charge in [-0.25, -0.2) is 29.9 Å². The number of piperidine rings is 3. The van der Waals surface area contributed by atoms with Crippen molar-refractivity contribution in [2.75, 3.05) is 93.2 Å². The summed E-state index contributed by atoms with van der Waals surface area (Å²) in [5, 5.41) is 15.1. The number of nitrogens with zero attached hydrogens (tertiary/aromatic N) is 18. The average molecular weight is 1350 g/mol. The maximum atomic E-state index is 12.8. The van der Waals surface area contributed by atoms with Gasteiger partial charge < -0.3 is 14.7 Å². The maximum Gasteiger partial charge on any atom is 0.393 e. The van der Waals surface area contributed by atoms with Crippen molar-refractivity contribution in [1.82, 2.24) is 73.9 Å². The van der Waals surface area contributed by atoms with Crippen LogP contribution in [-0.2, 0) is 40.4 Å². The number of alkyl halides is 9. The zero-order valence-corrected chi connectivity index (χ0v) is 55.0. The molecular formula is C63H75F9N18S3. The van der Waals surface area contributed by atoms with E-state index in [0.29, 0.717) is 68.1 Å². The summed E-state index contributed by atoms with van der Waals surface area (Å²) in [6.07, 6.45) is 4.40. The minimum Gasteiger partial charge on any atom is -0.355 e. The predicted octanol–water partition coefficient (Wildman–Crippen LogP) is 12.1. The number of hydrogen-bond acceptors (Lipinski definition) is 18. The summed E-state index contributed by atoms with van der Waals surface area (Å²) < 4.78 is 121. The van der Waals surface area contributed by atoms with E-state index >= 15 is 0 Å². The Morgan fingerprint density at radius 2 is 0.667 bits per heavy atom. The molecule has 0 saturated carbocycles. The molecule has 15 heterocycles. The number of aromatic nitrogens is 12. The zero-order chi connectivity index (χ0) is 65.3. The van der Waals surface area contributed by atoms with Gasteiger partial charge in [0.15, 0.2) is 0 Å². The first-order chi connectivity index (χ1) is 44.3. The first kappa shape index (κ1) is 65.1. The highest BCUT2D eigenvalue weighted by Crippen LogP contribution is 2.44. The fourth-order valence-corrected chi connectivity index (χ4v) is 18.1. The molecule has 498 valence electrons. The van der Waals surface area contributed by atoms with E-state index in [0.717, 1.165) is 165 Å². The molecule has 0 radical (unpaired) electrons. The van der Waals surface area contributed by atoms with E-state index in [4.69, 9.17) is 0 Å². The number of likely N-dealkylation sites (tertiary alicyclic amines) is 3. The summed E-state index contributed by atoms with van der Waals surface area (Å²) in [6.45, 7) is 18.1. The van der Waals surface area contributed by atoms with Gasteiger partial charge in [0.1, 0.15) is 50.9 Å². The fourth-order valence-electron chi connectivity index (χ4n) is 15.1. The predicted molar refractivity (Wildman–Crippen MR) is 343 cm³/mol. The topological polar surface area (TPSA) is 150 Å². The molecule has 9 aromatic rings. The van der Waals surface area contributed by atoms with Crippen LogP contribution in [-0.4, -0.2) is 171 Å². The normalized spacial score (nSPS) is 23.5. The Morgan fingerprint density at radius 1 is 0.398 bits per heavy atom. The van der Waals surface area contributed by atoms with Crippen molar-refractivity contribution in [3.05, 3.63) is 106 Å². The fraction of sp³-hybridized carbons (Fsp3) is 0.571. The lowest BCUT2D eigenvalue weighted by atomic mass is 9.87. The molecule has 0 aromatic carbocycles. The van der Waals surface area contributed by atoms with Crippen LogP contribution in [0.25, 0.3) is 30.6 Å². The molecule has 6 aliphatic heterocycles. The Bertz CT molecular complexity index is 3630. The van der Waals surface area contributed by atoms with Crippen molar-refractivity contribution in [3.8, 4) is 0 Å². The number of anilines is 3. The van der Waals surface area contributed by atoms with Crippen molar-refractivity contribution >= 4 is 82.1 Å². The van der Waals surface area contributed by atoms with Crippen LogP contribution in [0.1, 0.15) is 89.5 Å². The van der Waals surface area contributed by atoms with E-state index in [9.17, 15) is 39.5 Å². The van der Waals surface area contributed by atoms with Gasteiger partial charge >= 0.3 is 18.5 Å². The molecule has 0 amide bonds. The summed E-state index contributed by atoms with van der Waals surface area (Å²) in [4.78, 5) is 43.2. The zero-order valence-electron chi connectivity index (χ0n) is 52.5. The SMILES string of the molecule is CC(c1cnn(C)c1)N1CC[C@@H]2CN(c3ncnc4sc(CC(F)(F)F)cc34)C[C@@H]2C1.C[C@@H](c1cnn(C)c1)N1CC[C@@H]2CN(c3ncnc4sc(CC(F)(F)F)cc34)C[C@@H]2C1.C[C@H](c1cnn(C)c1)N1CC[C@@H]2CN(c3ncnc4sc(CC(F)(F)F)cc34)C[C@@H]2C1. The molecule has 6 aliphatic rings. The quantitative estimate of drug-likeness (QED) is 0.107. The van der Waals surface area contributed by atoms with Crippen LogP contribution in [0.4, 0.5) is 57.0 Å². The van der Waals surface area contributed by atoms with Crippen LogP contribution in [0.3, 0.4) is 0 Å². The van der Waals surface area contributed by atoms with Crippen molar-refractivity contribution in [2.24, 2.45) is 56.7 Å². The lowest BCUT2D eigenvalue weighted by molar-refractivity contribution is -0.127. The highest BCUT2D eigenvalue weighted by molar-refractivity contribution is 7.19. The Morgan fingerprint density at radius 3 is 0.914 bits per heavy atom. The number of fused-ring (bicyclic) bond motifs is 6. The second-order valence-corrected chi connectivity index (χ2v) is 29.6. The molecular weight excluding hydrogens is 1280 g/mol. The molecule has 0 spiro atoms. The first-order valence-corrected chi connectivity index (χ1v) is 34.1. The molecule has 93 heavy (non-hydrogen) atoms. The van der Waals surface area contributed by atoms with Crippen LogP contribution in [0.2, 0.25) is 0 Å². The Balaban J connectivity index is 0.000000127. The lowest BCUT2D eigenvalue weighted by Crippen LogP contribution is -2.41. The second kappa shape index (κ2) is 26.2. The van der Waals surface area contributed by atoms with Crippen LogP contribution in [0.5, 0.6) is 0 Å². The first-order valence-electron chi connectivity index (χ1n) is 31.6. The van der Waals surface area contributed by atoms with Gasteiger partial charge in [-0.15, -0.1) is 34.0 Å². The third-order valence-electron chi connectivity index (χ3n) is 19.9. The standard InChI is InChI=1S/3C21H25F3N6S/c3*1-13(15-7-27-28(2)8-15)29-4-3-14-9-30(11-16(14)10-29)19-18-5-17(6-21(22,23)24)31-20(18)26-12-25-19/h3*5,7-8,12-14,16H,3-4,6,9-11H2,1-2H3/t13?,14-,16+;13-,14+,16-;13-,14-,16+/m101/s1. The van der Waals surface area contributed by atoms with E-state index in [1.807, 2.05) is 53.8 Å². The summed E-state index contributed by atoms with van der Waals surface area (Å²) in [5.74, 6) is 5.62. The molecule has 0 aliphatic carbocycles. The van der Waals surface area contributed by atoms with Crippen LogP contribution < -0.4 is 14.7 Å². The minimum absolute atomic E-state index is 0.289. The Kier molecular flexibility index (Phi) is 18.3. The molecule has 6 saturated heterocycles. The summed E-state index contributed by atoms with van der Waals surface area (Å²) in [6, 6.07) is 5.83. The Labute approximate surface area is 544 Å². The van der Waals surface area contributed by atoms with Crippen LogP contribution >= 0.6 is 34.0 Å². The molecule has 15 rings (SSSR count). The van der Waals surface area contributed by atoms with E-state index in [2.05, 4.69) is 114 Å². The number of halogens is 9. The van der Waals surface area contributed by atoms with Gasteiger partial charge in [0.25, 0.3) is 0 Å². The van der Waals surface area contributed by atoms with E-state index in [1.165, 1.54) is 35.7 Å². The molecule has 0 bridgehead atoms. The van der Waals surface area contributed by atoms with Gasteiger partial charge in [-0.1, -0.05) is 0 Å².